The number of rotatable bonds is 2. The third-order valence-electron chi connectivity index (χ3n) is 1.57. The van der Waals surface area contributed by atoms with Gasteiger partial charge in [0.25, 0.3) is 0 Å². The fourth-order valence-electron chi connectivity index (χ4n) is 0.820. The standard InChI is InChI=1S/C6H12N4O2S/c1-4-6(8-5(2)7-3)10-13(11,12)9-4/h5,7H,1-3H3,(H,8,10). The number of nitrogens with zero attached hydrogens (tertiary/aromatic N) is 2. The quantitative estimate of drug-likeness (QED) is 0.621. The molecule has 74 valence electrons. The van der Waals surface area contributed by atoms with Crippen molar-refractivity contribution in [3.05, 3.63) is 0 Å². The SMILES string of the molecule is CNC(C)N=C1NS(=O)(=O)N=C1C. The van der Waals surface area contributed by atoms with Gasteiger partial charge in [0.05, 0.1) is 11.9 Å². The van der Waals surface area contributed by atoms with Crippen LogP contribution in [0.1, 0.15) is 13.8 Å². The smallest absolute Gasteiger partial charge is 0.299 e. The van der Waals surface area contributed by atoms with Crippen molar-refractivity contribution >= 4 is 21.8 Å². The summed E-state index contributed by atoms with van der Waals surface area (Å²) in [6.45, 7) is 3.41. The normalized spacial score (nSPS) is 25.5. The molecule has 1 heterocycles. The number of amidine groups is 1. The van der Waals surface area contributed by atoms with Gasteiger partial charge in [0.15, 0.2) is 5.84 Å². The molecule has 0 saturated heterocycles. The highest BCUT2D eigenvalue weighted by Crippen LogP contribution is 2.01. The molecule has 2 N–H and O–H groups in total. The molecule has 1 unspecified atom stereocenters. The van der Waals surface area contributed by atoms with Gasteiger partial charge >= 0.3 is 10.2 Å². The van der Waals surface area contributed by atoms with Crippen molar-refractivity contribution in [2.24, 2.45) is 9.39 Å². The van der Waals surface area contributed by atoms with Gasteiger partial charge in [-0.2, -0.15) is 8.42 Å². The Bertz CT molecular complexity index is 357. The summed E-state index contributed by atoms with van der Waals surface area (Å²) < 4.78 is 27.5. The summed E-state index contributed by atoms with van der Waals surface area (Å²) in [7, 11) is -1.78. The Morgan fingerprint density at radius 3 is 2.62 bits per heavy atom. The fourth-order valence-corrected chi connectivity index (χ4v) is 1.76. The first-order valence-electron chi connectivity index (χ1n) is 3.79. The maximum atomic E-state index is 10.9. The molecule has 0 aliphatic carbocycles. The van der Waals surface area contributed by atoms with Crippen molar-refractivity contribution in [2.75, 3.05) is 7.05 Å². The molecule has 0 radical (unpaired) electrons. The monoisotopic (exact) mass is 204 g/mol. The van der Waals surface area contributed by atoms with E-state index in [-0.39, 0.29) is 6.17 Å². The minimum atomic E-state index is -3.52. The molecule has 7 heteroatoms. The third-order valence-corrected chi connectivity index (χ3v) is 2.53. The topological polar surface area (TPSA) is 82.9 Å². The summed E-state index contributed by atoms with van der Waals surface area (Å²) in [5.41, 5.74) is 0.391. The highest BCUT2D eigenvalue weighted by atomic mass is 32.2. The van der Waals surface area contributed by atoms with E-state index in [4.69, 9.17) is 0 Å². The van der Waals surface area contributed by atoms with Gasteiger partial charge in [0.1, 0.15) is 0 Å². The predicted octanol–water partition coefficient (Wildman–Crippen LogP) is -0.741. The van der Waals surface area contributed by atoms with Gasteiger partial charge in [-0.3, -0.25) is 5.32 Å². The lowest BCUT2D eigenvalue weighted by molar-refractivity contribution is 0.595. The molecule has 0 fully saturated rings. The van der Waals surface area contributed by atoms with Crippen molar-refractivity contribution in [1.82, 2.24) is 10.0 Å². The average molecular weight is 204 g/mol. The van der Waals surface area contributed by atoms with Crippen LogP contribution in [0.3, 0.4) is 0 Å². The van der Waals surface area contributed by atoms with Gasteiger partial charge in [-0.25, -0.2) is 9.71 Å². The lowest BCUT2D eigenvalue weighted by Gasteiger charge is -2.04. The summed E-state index contributed by atoms with van der Waals surface area (Å²) in [5.74, 6) is 0.307. The molecule has 1 aliphatic rings. The Morgan fingerprint density at radius 2 is 2.23 bits per heavy atom. The molecule has 0 saturated carbocycles. The van der Waals surface area contributed by atoms with Crippen LogP contribution in [0.5, 0.6) is 0 Å². The van der Waals surface area contributed by atoms with Crippen molar-refractivity contribution < 1.29 is 8.42 Å². The second-order valence-corrected chi connectivity index (χ2v) is 4.03. The van der Waals surface area contributed by atoms with Gasteiger partial charge in [-0.05, 0) is 20.9 Å². The molecule has 0 aromatic rings. The molecule has 0 spiro atoms. The van der Waals surface area contributed by atoms with Crippen LogP contribution >= 0.6 is 0 Å². The minimum absolute atomic E-state index is 0.138. The Kier molecular flexibility index (Phi) is 2.67. The van der Waals surface area contributed by atoms with Crippen LogP contribution in [0, 0.1) is 0 Å². The first-order chi connectivity index (χ1) is 5.94. The molecule has 0 aromatic carbocycles. The highest BCUT2D eigenvalue weighted by molar-refractivity contribution is 7.89. The average Bonchev–Trinajstić information content (AvgIpc) is 2.24. The summed E-state index contributed by atoms with van der Waals surface area (Å²) in [6.07, 6.45) is -0.138. The van der Waals surface area contributed by atoms with E-state index in [0.29, 0.717) is 11.5 Å². The summed E-state index contributed by atoms with van der Waals surface area (Å²) in [6, 6.07) is 0. The number of hydrogen-bond acceptors (Lipinski definition) is 4. The zero-order valence-corrected chi connectivity index (χ0v) is 8.51. The molecule has 0 bridgehead atoms. The zero-order chi connectivity index (χ0) is 10.1. The summed E-state index contributed by atoms with van der Waals surface area (Å²) >= 11 is 0. The van der Waals surface area contributed by atoms with Gasteiger partial charge in [0.2, 0.25) is 0 Å². The van der Waals surface area contributed by atoms with E-state index >= 15 is 0 Å². The maximum Gasteiger partial charge on any atom is 0.343 e. The largest absolute Gasteiger partial charge is 0.343 e. The fraction of sp³-hybridized carbons (Fsp3) is 0.667. The number of hydrogen-bond donors (Lipinski definition) is 2. The van der Waals surface area contributed by atoms with E-state index < -0.39 is 10.2 Å². The highest BCUT2D eigenvalue weighted by Gasteiger charge is 2.22. The second-order valence-electron chi connectivity index (χ2n) is 2.70. The van der Waals surface area contributed by atoms with Gasteiger partial charge < -0.3 is 0 Å². The number of aliphatic imine (C=N–C) groups is 1. The van der Waals surface area contributed by atoms with E-state index in [9.17, 15) is 8.42 Å². The molecule has 13 heavy (non-hydrogen) atoms. The molecule has 1 rings (SSSR count). The van der Waals surface area contributed by atoms with Gasteiger partial charge in [0, 0.05) is 0 Å². The van der Waals surface area contributed by atoms with Crippen LogP contribution in [0.4, 0.5) is 0 Å². The van der Waals surface area contributed by atoms with Crippen molar-refractivity contribution in [1.29, 1.82) is 0 Å². The van der Waals surface area contributed by atoms with Crippen LogP contribution in [0.15, 0.2) is 9.39 Å². The first kappa shape index (κ1) is 10.1. The Hall–Kier alpha value is -0.950. The van der Waals surface area contributed by atoms with Gasteiger partial charge in [-0.1, -0.05) is 0 Å². The summed E-state index contributed by atoms with van der Waals surface area (Å²) in [5, 5.41) is 2.86. The van der Waals surface area contributed by atoms with E-state index in [1.165, 1.54) is 0 Å². The van der Waals surface area contributed by atoms with Crippen LogP contribution in [0.25, 0.3) is 0 Å². The van der Waals surface area contributed by atoms with Crippen molar-refractivity contribution in [3.63, 3.8) is 0 Å². The Morgan fingerprint density at radius 1 is 1.62 bits per heavy atom. The lowest BCUT2D eigenvalue weighted by atomic mass is 10.4. The molecule has 0 amide bonds. The van der Waals surface area contributed by atoms with E-state index in [2.05, 4.69) is 19.4 Å². The van der Waals surface area contributed by atoms with Crippen molar-refractivity contribution in [2.45, 2.75) is 20.0 Å². The van der Waals surface area contributed by atoms with Crippen molar-refractivity contribution in [3.8, 4) is 0 Å². The van der Waals surface area contributed by atoms with Crippen LogP contribution in [-0.2, 0) is 10.2 Å². The second kappa shape index (κ2) is 3.43. The summed E-state index contributed by atoms with van der Waals surface area (Å²) in [4.78, 5) is 4.06. The third kappa shape index (κ3) is 2.49. The van der Waals surface area contributed by atoms with E-state index in [1.807, 2.05) is 6.92 Å². The Balaban J connectivity index is 2.89. The lowest BCUT2D eigenvalue weighted by Crippen LogP contribution is -2.30. The van der Waals surface area contributed by atoms with E-state index in [0.717, 1.165) is 0 Å². The van der Waals surface area contributed by atoms with Gasteiger partial charge in [-0.15, -0.1) is 4.40 Å². The minimum Gasteiger partial charge on any atom is -0.299 e. The first-order valence-corrected chi connectivity index (χ1v) is 5.23. The van der Waals surface area contributed by atoms with Crippen LogP contribution in [-0.4, -0.2) is 33.2 Å². The molecular weight excluding hydrogens is 192 g/mol. The molecule has 6 nitrogen and oxygen atoms in total. The molecule has 1 aliphatic heterocycles. The van der Waals surface area contributed by atoms with E-state index in [1.54, 1.807) is 14.0 Å². The number of nitrogens with one attached hydrogen (secondary N) is 2. The molecular formula is C6H12N4O2S. The molecule has 1 atom stereocenters. The van der Waals surface area contributed by atoms with Crippen LogP contribution in [0.2, 0.25) is 0 Å². The molecule has 0 aromatic heterocycles. The Labute approximate surface area is 77.3 Å². The van der Waals surface area contributed by atoms with Crippen LogP contribution < -0.4 is 10.0 Å². The maximum absolute atomic E-state index is 10.9. The predicted molar refractivity (Wildman–Crippen MR) is 51.1 cm³/mol. The zero-order valence-electron chi connectivity index (χ0n) is 7.70.